The molecule has 0 N–H and O–H groups in total. The first kappa shape index (κ1) is 23.5. The number of ether oxygens (including phenoxy) is 3. The molecule has 1 heterocycles. The molecule has 0 saturated heterocycles. The molecular weight excluding hydrogens is 450 g/mol. The molecule has 5 rings (SSSR count). The second-order valence-electron chi connectivity index (χ2n) is 8.91. The fourth-order valence-corrected chi connectivity index (χ4v) is 4.60. The molecule has 1 atom stereocenters. The van der Waals surface area contributed by atoms with Gasteiger partial charge in [-0.2, -0.15) is 0 Å². The molecule has 0 spiro atoms. The summed E-state index contributed by atoms with van der Waals surface area (Å²) in [5.41, 5.74) is 4.96. The van der Waals surface area contributed by atoms with Crippen molar-refractivity contribution in [3.05, 3.63) is 125 Å². The number of hydrogen-bond acceptors (Lipinski definition) is 4. The Morgan fingerprint density at radius 3 is 2.00 bits per heavy atom. The van der Waals surface area contributed by atoms with E-state index in [1.165, 1.54) is 0 Å². The number of nitrogens with zero attached hydrogens (tertiary/aromatic N) is 1. The lowest BCUT2D eigenvalue weighted by Crippen LogP contribution is -2.37. The van der Waals surface area contributed by atoms with Gasteiger partial charge in [0.05, 0.1) is 13.0 Å². The molecule has 4 aromatic rings. The van der Waals surface area contributed by atoms with Crippen molar-refractivity contribution in [1.29, 1.82) is 0 Å². The van der Waals surface area contributed by atoms with Gasteiger partial charge >= 0.3 is 0 Å². The number of fused-ring (bicyclic) bond motifs is 1. The molecule has 5 nitrogen and oxygen atoms in total. The topological polar surface area (TPSA) is 48.0 Å². The van der Waals surface area contributed by atoms with Crippen LogP contribution in [0, 0.1) is 0 Å². The maximum atomic E-state index is 13.5. The lowest BCUT2D eigenvalue weighted by Gasteiger charge is -2.34. The van der Waals surface area contributed by atoms with E-state index in [2.05, 4.69) is 0 Å². The lowest BCUT2D eigenvalue weighted by molar-refractivity contribution is -0.132. The Balaban J connectivity index is 1.46. The van der Waals surface area contributed by atoms with Crippen LogP contribution in [0.2, 0.25) is 0 Å². The first-order chi connectivity index (χ1) is 17.6. The van der Waals surface area contributed by atoms with E-state index in [1.807, 2.05) is 104 Å². The van der Waals surface area contributed by atoms with Crippen molar-refractivity contribution in [3.8, 4) is 17.2 Å². The van der Waals surface area contributed by atoms with E-state index in [-0.39, 0.29) is 5.91 Å². The summed E-state index contributed by atoms with van der Waals surface area (Å²) in [6.07, 6.45) is 0. The van der Waals surface area contributed by atoms with Crippen LogP contribution in [0.1, 0.15) is 33.7 Å². The monoisotopic (exact) mass is 479 g/mol. The van der Waals surface area contributed by atoms with Crippen molar-refractivity contribution in [1.82, 2.24) is 4.90 Å². The summed E-state index contributed by atoms with van der Waals surface area (Å²) in [6.45, 7) is 1.40. The van der Waals surface area contributed by atoms with Crippen molar-refractivity contribution in [3.63, 3.8) is 0 Å². The van der Waals surface area contributed by atoms with Gasteiger partial charge in [-0.15, -0.1) is 0 Å². The summed E-state index contributed by atoms with van der Waals surface area (Å²) in [7, 11) is 3.46. The minimum Gasteiger partial charge on any atom is -0.493 e. The third-order valence-electron chi connectivity index (χ3n) is 6.48. The number of carbonyl (C=O) groups excluding carboxylic acids is 1. The average molecular weight is 480 g/mol. The third kappa shape index (κ3) is 4.91. The normalized spacial score (nSPS) is 14.8. The SMILES string of the molecule is COc1ccc2c(c1OCc1ccccc1)C(c1ccc(OCc3ccccc3)cc1)C(=O)N(C)C2. The van der Waals surface area contributed by atoms with Crippen LogP contribution in [0.3, 0.4) is 0 Å². The summed E-state index contributed by atoms with van der Waals surface area (Å²) in [4.78, 5) is 15.3. The van der Waals surface area contributed by atoms with E-state index in [4.69, 9.17) is 14.2 Å². The second-order valence-corrected chi connectivity index (χ2v) is 8.91. The third-order valence-corrected chi connectivity index (χ3v) is 6.48. The van der Waals surface area contributed by atoms with Gasteiger partial charge in [-0.25, -0.2) is 0 Å². The zero-order valence-electron chi connectivity index (χ0n) is 20.5. The first-order valence-corrected chi connectivity index (χ1v) is 12.0. The number of carbonyl (C=O) groups is 1. The summed E-state index contributed by atoms with van der Waals surface area (Å²) in [5.74, 6) is 1.52. The minimum absolute atomic E-state index is 0.0262. The van der Waals surface area contributed by atoms with Crippen LogP contribution in [-0.4, -0.2) is 25.0 Å². The van der Waals surface area contributed by atoms with Gasteiger partial charge in [0.2, 0.25) is 5.91 Å². The first-order valence-electron chi connectivity index (χ1n) is 12.0. The summed E-state index contributed by atoms with van der Waals surface area (Å²) >= 11 is 0. The molecule has 0 fully saturated rings. The Bertz CT molecular complexity index is 1320. The van der Waals surface area contributed by atoms with Crippen LogP contribution < -0.4 is 14.2 Å². The maximum absolute atomic E-state index is 13.5. The van der Waals surface area contributed by atoms with Crippen molar-refractivity contribution in [2.24, 2.45) is 0 Å². The van der Waals surface area contributed by atoms with Gasteiger partial charge in [0.25, 0.3) is 0 Å². The number of likely N-dealkylation sites (N-methyl/N-ethyl adjacent to an activating group) is 1. The Labute approximate surface area is 211 Å². The van der Waals surface area contributed by atoms with E-state index in [9.17, 15) is 4.79 Å². The molecule has 0 aromatic heterocycles. The Morgan fingerprint density at radius 1 is 0.778 bits per heavy atom. The van der Waals surface area contributed by atoms with E-state index in [1.54, 1.807) is 12.0 Å². The number of amides is 1. The fraction of sp³-hybridized carbons (Fsp3) is 0.194. The number of rotatable bonds is 8. The van der Waals surface area contributed by atoms with Crippen LogP contribution in [-0.2, 0) is 24.6 Å². The van der Waals surface area contributed by atoms with Crippen LogP contribution in [0.5, 0.6) is 17.2 Å². The minimum atomic E-state index is -0.497. The van der Waals surface area contributed by atoms with E-state index < -0.39 is 5.92 Å². The molecule has 0 saturated carbocycles. The van der Waals surface area contributed by atoms with E-state index in [0.717, 1.165) is 33.6 Å². The Kier molecular flexibility index (Phi) is 6.89. The van der Waals surface area contributed by atoms with Gasteiger partial charge < -0.3 is 19.1 Å². The van der Waals surface area contributed by atoms with Crippen LogP contribution in [0.15, 0.2) is 97.1 Å². The van der Waals surface area contributed by atoms with Crippen LogP contribution >= 0.6 is 0 Å². The zero-order valence-corrected chi connectivity index (χ0v) is 20.5. The van der Waals surface area contributed by atoms with Crippen LogP contribution in [0.25, 0.3) is 0 Å². The molecule has 1 unspecified atom stereocenters. The largest absolute Gasteiger partial charge is 0.493 e. The van der Waals surface area contributed by atoms with Crippen molar-refractivity contribution in [2.75, 3.05) is 14.2 Å². The predicted molar refractivity (Wildman–Crippen MR) is 139 cm³/mol. The quantitative estimate of drug-likeness (QED) is 0.313. The van der Waals surface area contributed by atoms with E-state index >= 15 is 0 Å². The van der Waals surface area contributed by atoms with Gasteiger partial charge in [0.1, 0.15) is 19.0 Å². The highest BCUT2D eigenvalue weighted by atomic mass is 16.5. The molecule has 0 aliphatic carbocycles. The highest BCUT2D eigenvalue weighted by Gasteiger charge is 2.36. The second kappa shape index (κ2) is 10.6. The smallest absolute Gasteiger partial charge is 0.234 e. The van der Waals surface area contributed by atoms with Gasteiger partial charge in [0, 0.05) is 19.2 Å². The van der Waals surface area contributed by atoms with Crippen molar-refractivity contribution >= 4 is 5.91 Å². The Morgan fingerprint density at radius 2 is 1.39 bits per heavy atom. The Hall–Kier alpha value is -4.25. The molecule has 1 aliphatic rings. The van der Waals surface area contributed by atoms with Crippen LogP contribution in [0.4, 0.5) is 0 Å². The van der Waals surface area contributed by atoms with Gasteiger partial charge in [0.15, 0.2) is 11.5 Å². The molecule has 0 bridgehead atoms. The summed E-state index contributed by atoms with van der Waals surface area (Å²) in [6, 6.07) is 31.7. The van der Waals surface area contributed by atoms with Gasteiger partial charge in [-0.3, -0.25) is 4.79 Å². The van der Waals surface area contributed by atoms with Gasteiger partial charge in [-0.05, 0) is 40.5 Å². The highest BCUT2D eigenvalue weighted by molar-refractivity contribution is 5.90. The standard InChI is InChI=1S/C31H29NO4/c1-32-19-25-15-18-27(34-2)30(36-21-23-11-7-4-8-12-23)28(25)29(31(32)33)24-13-16-26(17-14-24)35-20-22-9-5-3-6-10-22/h3-18,29H,19-21H2,1-2H3. The van der Waals surface area contributed by atoms with Crippen molar-refractivity contribution in [2.45, 2.75) is 25.7 Å². The molecule has 0 radical (unpaired) electrons. The molecule has 1 aliphatic heterocycles. The molecule has 5 heteroatoms. The molecule has 182 valence electrons. The number of hydrogen-bond donors (Lipinski definition) is 0. The maximum Gasteiger partial charge on any atom is 0.234 e. The average Bonchev–Trinajstić information content (AvgIpc) is 2.93. The predicted octanol–water partition coefficient (Wildman–Crippen LogP) is 5.96. The zero-order chi connectivity index (χ0) is 24.9. The molecule has 4 aromatic carbocycles. The van der Waals surface area contributed by atoms with Crippen molar-refractivity contribution < 1.29 is 19.0 Å². The van der Waals surface area contributed by atoms with E-state index in [0.29, 0.717) is 31.3 Å². The number of benzene rings is 4. The highest BCUT2D eigenvalue weighted by Crippen LogP contribution is 2.45. The summed E-state index contributed by atoms with van der Waals surface area (Å²) in [5, 5.41) is 0. The summed E-state index contributed by atoms with van der Waals surface area (Å²) < 4.78 is 18.0. The molecular formula is C31H29NO4. The van der Waals surface area contributed by atoms with Gasteiger partial charge in [-0.1, -0.05) is 78.9 Å². The fourth-order valence-electron chi connectivity index (χ4n) is 4.60. The number of methoxy groups -OCH3 is 1. The lowest BCUT2D eigenvalue weighted by atomic mass is 9.83. The molecule has 1 amide bonds. The molecule has 36 heavy (non-hydrogen) atoms.